The smallest absolute Gasteiger partial charge is 0.286 e. The van der Waals surface area contributed by atoms with Crippen molar-refractivity contribution in [3.05, 3.63) is 24.2 Å². The van der Waals surface area contributed by atoms with Gasteiger partial charge in [0.05, 0.1) is 26.1 Å². The number of amides is 2. The normalized spacial score (nSPS) is 11.2. The molecule has 0 aliphatic heterocycles. The first-order valence-electron chi connectivity index (χ1n) is 6.52. The van der Waals surface area contributed by atoms with Crippen LogP contribution < -0.4 is 10.6 Å². The number of carbonyl (C=O) groups is 2. The molecule has 118 valence electrons. The summed E-state index contributed by atoms with van der Waals surface area (Å²) >= 11 is 0. The van der Waals surface area contributed by atoms with E-state index in [0.717, 1.165) is 0 Å². The van der Waals surface area contributed by atoms with Crippen LogP contribution in [0.1, 0.15) is 23.4 Å². The highest BCUT2D eigenvalue weighted by Gasteiger charge is 2.29. The standard InChI is InChI=1S/C13H20N2O6/c16-7-13(8-17,9-18)15-11(19)4-1-5-14-12(20)10-3-2-6-21-10/h2-3,6,16-18H,1,4-5,7-9H2,(H,14,20)(H,15,19). The van der Waals surface area contributed by atoms with E-state index >= 15 is 0 Å². The highest BCUT2D eigenvalue weighted by molar-refractivity contribution is 5.91. The van der Waals surface area contributed by atoms with Gasteiger partial charge >= 0.3 is 0 Å². The van der Waals surface area contributed by atoms with Gasteiger partial charge in [-0.25, -0.2) is 0 Å². The van der Waals surface area contributed by atoms with Gasteiger partial charge in [-0.2, -0.15) is 0 Å². The molecule has 1 rings (SSSR count). The molecule has 0 fully saturated rings. The number of carbonyl (C=O) groups excluding carboxylic acids is 2. The van der Waals surface area contributed by atoms with E-state index in [2.05, 4.69) is 10.6 Å². The summed E-state index contributed by atoms with van der Waals surface area (Å²) in [6, 6.07) is 3.13. The van der Waals surface area contributed by atoms with Gasteiger partial charge in [-0.1, -0.05) is 0 Å². The van der Waals surface area contributed by atoms with Crippen molar-refractivity contribution in [3.8, 4) is 0 Å². The molecule has 1 heterocycles. The van der Waals surface area contributed by atoms with Crippen molar-refractivity contribution < 1.29 is 29.3 Å². The van der Waals surface area contributed by atoms with Gasteiger partial charge in [-0.15, -0.1) is 0 Å². The van der Waals surface area contributed by atoms with Crippen LogP contribution in [0.25, 0.3) is 0 Å². The quantitative estimate of drug-likeness (QED) is 0.357. The number of furan rings is 1. The van der Waals surface area contributed by atoms with Gasteiger partial charge in [0.15, 0.2) is 5.76 Å². The van der Waals surface area contributed by atoms with Crippen molar-refractivity contribution in [2.24, 2.45) is 0 Å². The van der Waals surface area contributed by atoms with Crippen LogP contribution in [0.2, 0.25) is 0 Å². The van der Waals surface area contributed by atoms with E-state index in [-0.39, 0.29) is 24.6 Å². The SMILES string of the molecule is O=C(CCCNC(=O)c1ccco1)NC(CO)(CO)CO. The van der Waals surface area contributed by atoms with Crippen LogP contribution in [0.4, 0.5) is 0 Å². The van der Waals surface area contributed by atoms with Crippen molar-refractivity contribution in [2.75, 3.05) is 26.4 Å². The average Bonchev–Trinajstić information content (AvgIpc) is 3.03. The first kappa shape index (κ1) is 17.2. The van der Waals surface area contributed by atoms with E-state index < -0.39 is 31.3 Å². The van der Waals surface area contributed by atoms with Crippen LogP contribution >= 0.6 is 0 Å². The molecule has 0 aromatic carbocycles. The van der Waals surface area contributed by atoms with Crippen LogP contribution in [0.15, 0.2) is 22.8 Å². The van der Waals surface area contributed by atoms with E-state index in [4.69, 9.17) is 19.7 Å². The minimum absolute atomic E-state index is 0.0835. The minimum atomic E-state index is -1.42. The van der Waals surface area contributed by atoms with E-state index in [1.54, 1.807) is 6.07 Å². The highest BCUT2D eigenvalue weighted by atomic mass is 16.3. The Morgan fingerprint density at radius 1 is 1.19 bits per heavy atom. The molecular weight excluding hydrogens is 280 g/mol. The Balaban J connectivity index is 2.26. The second-order valence-electron chi connectivity index (χ2n) is 4.64. The molecule has 0 bridgehead atoms. The number of nitrogens with one attached hydrogen (secondary N) is 2. The lowest BCUT2D eigenvalue weighted by Gasteiger charge is -2.28. The summed E-state index contributed by atoms with van der Waals surface area (Å²) in [5, 5.41) is 32.2. The van der Waals surface area contributed by atoms with Crippen LogP contribution in [0, 0.1) is 0 Å². The monoisotopic (exact) mass is 300 g/mol. The zero-order valence-corrected chi connectivity index (χ0v) is 11.5. The van der Waals surface area contributed by atoms with Gasteiger partial charge in [-0.05, 0) is 18.6 Å². The molecule has 8 nitrogen and oxygen atoms in total. The Labute approximate surface area is 121 Å². The lowest BCUT2D eigenvalue weighted by Crippen LogP contribution is -2.57. The molecule has 0 spiro atoms. The molecule has 0 saturated carbocycles. The molecule has 1 aromatic heterocycles. The summed E-state index contributed by atoms with van der Waals surface area (Å²) < 4.78 is 4.91. The van der Waals surface area contributed by atoms with Gasteiger partial charge in [0.1, 0.15) is 5.54 Å². The van der Waals surface area contributed by atoms with E-state index in [9.17, 15) is 9.59 Å². The van der Waals surface area contributed by atoms with E-state index in [0.29, 0.717) is 6.42 Å². The zero-order valence-electron chi connectivity index (χ0n) is 11.5. The number of aliphatic hydroxyl groups excluding tert-OH is 3. The van der Waals surface area contributed by atoms with Crippen molar-refractivity contribution in [3.63, 3.8) is 0 Å². The maximum atomic E-state index is 11.6. The molecule has 5 N–H and O–H groups in total. The molecule has 0 radical (unpaired) electrons. The second-order valence-corrected chi connectivity index (χ2v) is 4.64. The number of aliphatic hydroxyl groups is 3. The Morgan fingerprint density at radius 3 is 2.38 bits per heavy atom. The van der Waals surface area contributed by atoms with E-state index in [1.165, 1.54) is 12.3 Å². The van der Waals surface area contributed by atoms with Crippen LogP contribution in [-0.2, 0) is 4.79 Å². The summed E-state index contributed by atoms with van der Waals surface area (Å²) in [7, 11) is 0. The van der Waals surface area contributed by atoms with Gasteiger partial charge in [0.2, 0.25) is 5.91 Å². The Kier molecular flexibility index (Phi) is 6.86. The van der Waals surface area contributed by atoms with Gasteiger partial charge in [0.25, 0.3) is 5.91 Å². The summed E-state index contributed by atoms with van der Waals surface area (Å²) in [4.78, 5) is 23.1. The van der Waals surface area contributed by atoms with Crippen molar-refractivity contribution >= 4 is 11.8 Å². The van der Waals surface area contributed by atoms with Gasteiger partial charge in [0, 0.05) is 13.0 Å². The summed E-state index contributed by atoms with van der Waals surface area (Å²) in [5.74, 6) is -0.602. The largest absolute Gasteiger partial charge is 0.459 e. The molecule has 0 atom stereocenters. The maximum Gasteiger partial charge on any atom is 0.286 e. The fourth-order valence-electron chi connectivity index (χ4n) is 1.57. The summed E-state index contributed by atoms with van der Waals surface area (Å²) in [6.45, 7) is -1.43. The van der Waals surface area contributed by atoms with Crippen LogP contribution in [-0.4, -0.2) is 59.0 Å². The van der Waals surface area contributed by atoms with E-state index in [1.807, 2.05) is 0 Å². The van der Waals surface area contributed by atoms with Crippen molar-refractivity contribution in [2.45, 2.75) is 18.4 Å². The third-order valence-electron chi connectivity index (χ3n) is 2.92. The lowest BCUT2D eigenvalue weighted by molar-refractivity contribution is -0.125. The molecule has 2 amide bonds. The number of rotatable bonds is 9. The molecule has 1 aromatic rings. The predicted molar refractivity (Wildman–Crippen MR) is 72.4 cm³/mol. The van der Waals surface area contributed by atoms with Gasteiger partial charge < -0.3 is 30.4 Å². The van der Waals surface area contributed by atoms with Crippen LogP contribution in [0.3, 0.4) is 0 Å². The Morgan fingerprint density at radius 2 is 1.86 bits per heavy atom. The molecule has 8 heteroatoms. The summed E-state index contributed by atoms with van der Waals surface area (Å²) in [6.07, 6.45) is 1.84. The second kappa shape index (κ2) is 8.40. The van der Waals surface area contributed by atoms with Gasteiger partial charge in [-0.3, -0.25) is 9.59 Å². The maximum absolute atomic E-state index is 11.6. The average molecular weight is 300 g/mol. The molecule has 21 heavy (non-hydrogen) atoms. The number of hydrogen-bond donors (Lipinski definition) is 5. The van der Waals surface area contributed by atoms with Crippen molar-refractivity contribution in [1.29, 1.82) is 0 Å². The number of hydrogen-bond acceptors (Lipinski definition) is 6. The third-order valence-corrected chi connectivity index (χ3v) is 2.92. The first-order chi connectivity index (χ1) is 10.1. The third kappa shape index (κ3) is 5.18. The topological polar surface area (TPSA) is 132 Å². The lowest BCUT2D eigenvalue weighted by atomic mass is 10.0. The molecule has 0 saturated heterocycles. The van der Waals surface area contributed by atoms with Crippen LogP contribution in [0.5, 0.6) is 0 Å². The predicted octanol–water partition coefficient (Wildman–Crippen LogP) is -1.38. The molecule has 0 aliphatic rings. The fourth-order valence-corrected chi connectivity index (χ4v) is 1.57. The first-order valence-corrected chi connectivity index (χ1v) is 6.52. The zero-order chi connectivity index (χ0) is 15.7. The Hall–Kier alpha value is -1.90. The summed E-state index contributed by atoms with van der Waals surface area (Å²) in [5.41, 5.74) is -1.42. The highest BCUT2D eigenvalue weighted by Crippen LogP contribution is 2.03. The molecule has 0 aliphatic carbocycles. The Bertz CT molecular complexity index is 433. The van der Waals surface area contributed by atoms with Crippen molar-refractivity contribution in [1.82, 2.24) is 10.6 Å². The minimum Gasteiger partial charge on any atom is -0.459 e. The molecule has 0 unspecified atom stereocenters. The fraction of sp³-hybridized carbons (Fsp3) is 0.538. The molecular formula is C13H20N2O6.